The summed E-state index contributed by atoms with van der Waals surface area (Å²) in [6, 6.07) is -0.130. The normalized spacial score (nSPS) is 11.8. The Morgan fingerprint density at radius 1 is 1.57 bits per heavy atom. The molecule has 0 aliphatic rings. The van der Waals surface area contributed by atoms with Crippen molar-refractivity contribution >= 4 is 5.91 Å². The van der Waals surface area contributed by atoms with Gasteiger partial charge in [-0.15, -0.1) is 6.42 Å². The molecule has 0 saturated heterocycles. The Labute approximate surface area is 86.2 Å². The summed E-state index contributed by atoms with van der Waals surface area (Å²) in [4.78, 5) is 11.3. The monoisotopic (exact) mass is 197 g/mol. The lowest BCUT2D eigenvalue weighted by molar-refractivity contribution is -0.122. The summed E-state index contributed by atoms with van der Waals surface area (Å²) in [5.74, 6) is 2.52. The van der Waals surface area contributed by atoms with Gasteiger partial charge in [-0.25, -0.2) is 0 Å². The predicted octanol–water partition coefficient (Wildman–Crippen LogP) is 1.33. The molecule has 0 radical (unpaired) electrons. The van der Waals surface area contributed by atoms with Crippen molar-refractivity contribution in [3.63, 3.8) is 0 Å². The quantitative estimate of drug-likeness (QED) is 0.494. The number of nitrogens with one attached hydrogen (secondary N) is 1. The summed E-state index contributed by atoms with van der Waals surface area (Å²) in [6.07, 6.45) is 7.45. The second-order valence-corrected chi connectivity index (χ2v) is 3.02. The molecular weight excluding hydrogens is 178 g/mol. The van der Waals surface area contributed by atoms with Gasteiger partial charge in [-0.3, -0.25) is 4.79 Å². The van der Waals surface area contributed by atoms with E-state index in [2.05, 4.69) is 11.2 Å². The Bertz CT molecular complexity index is 196. The molecule has 0 aliphatic heterocycles. The van der Waals surface area contributed by atoms with E-state index in [1.54, 1.807) is 0 Å². The molecule has 0 bridgehead atoms. The van der Waals surface area contributed by atoms with Gasteiger partial charge in [0, 0.05) is 13.0 Å². The fraction of sp³-hybridized carbons (Fsp3) is 0.727. The van der Waals surface area contributed by atoms with E-state index in [-0.39, 0.29) is 11.9 Å². The van der Waals surface area contributed by atoms with E-state index >= 15 is 0 Å². The first-order valence-corrected chi connectivity index (χ1v) is 5.07. The number of amides is 1. The summed E-state index contributed by atoms with van der Waals surface area (Å²) in [5.41, 5.74) is 0. The fourth-order valence-corrected chi connectivity index (χ4v) is 1.06. The molecule has 1 N–H and O–H groups in total. The first-order chi connectivity index (χ1) is 6.74. The van der Waals surface area contributed by atoms with Gasteiger partial charge in [-0.1, -0.05) is 19.3 Å². The van der Waals surface area contributed by atoms with Gasteiger partial charge in [0.25, 0.3) is 0 Å². The maximum absolute atomic E-state index is 11.3. The molecule has 0 aromatic heterocycles. The zero-order valence-corrected chi connectivity index (χ0v) is 9.01. The predicted molar refractivity (Wildman–Crippen MR) is 56.8 cm³/mol. The number of hydrogen-bond donors (Lipinski definition) is 1. The Morgan fingerprint density at radius 2 is 2.29 bits per heavy atom. The second kappa shape index (κ2) is 8.58. The van der Waals surface area contributed by atoms with Crippen molar-refractivity contribution in [1.29, 1.82) is 0 Å². The zero-order valence-electron chi connectivity index (χ0n) is 9.01. The third-order valence-corrected chi connectivity index (χ3v) is 1.79. The van der Waals surface area contributed by atoms with Crippen LogP contribution in [0, 0.1) is 12.3 Å². The molecule has 0 saturated carbocycles. The average Bonchev–Trinajstić information content (AvgIpc) is 2.17. The molecule has 1 atom stereocenters. The smallest absolute Gasteiger partial charge is 0.223 e. The Hall–Kier alpha value is -1.01. The number of ether oxygens (including phenoxy) is 1. The van der Waals surface area contributed by atoms with Crippen molar-refractivity contribution in [2.75, 3.05) is 13.2 Å². The minimum absolute atomic E-state index is 0.0325. The molecule has 14 heavy (non-hydrogen) atoms. The molecule has 3 heteroatoms. The largest absolute Gasteiger partial charge is 0.381 e. The molecule has 1 amide bonds. The van der Waals surface area contributed by atoms with Gasteiger partial charge < -0.3 is 10.1 Å². The standard InChI is InChI=1S/C11H19NO2/c1-4-7-10(5-2)12-11(13)8-9-14-6-3/h2,10H,4,6-9H2,1,3H3,(H,12,13). The van der Waals surface area contributed by atoms with Crippen LogP contribution in [-0.4, -0.2) is 25.2 Å². The molecule has 80 valence electrons. The molecular formula is C11H19NO2. The van der Waals surface area contributed by atoms with Crippen LogP contribution in [0.5, 0.6) is 0 Å². The molecule has 0 fully saturated rings. The van der Waals surface area contributed by atoms with E-state index in [1.807, 2.05) is 13.8 Å². The molecule has 0 aromatic carbocycles. The SMILES string of the molecule is C#CC(CCC)NC(=O)CCOCC. The second-order valence-electron chi connectivity index (χ2n) is 3.02. The van der Waals surface area contributed by atoms with Crippen molar-refractivity contribution in [1.82, 2.24) is 5.32 Å². The highest BCUT2D eigenvalue weighted by molar-refractivity contribution is 5.76. The topological polar surface area (TPSA) is 38.3 Å². The van der Waals surface area contributed by atoms with Gasteiger partial charge in [0.2, 0.25) is 5.91 Å². The van der Waals surface area contributed by atoms with Crippen LogP contribution in [0.15, 0.2) is 0 Å². The lowest BCUT2D eigenvalue weighted by atomic mass is 10.2. The highest BCUT2D eigenvalue weighted by Crippen LogP contribution is 1.95. The summed E-state index contributed by atoms with van der Waals surface area (Å²) < 4.78 is 5.07. The lowest BCUT2D eigenvalue weighted by Gasteiger charge is -2.11. The van der Waals surface area contributed by atoms with Crippen LogP contribution < -0.4 is 5.32 Å². The maximum Gasteiger partial charge on any atom is 0.223 e. The summed E-state index contributed by atoms with van der Waals surface area (Å²) in [6.45, 7) is 5.04. The third-order valence-electron chi connectivity index (χ3n) is 1.79. The minimum Gasteiger partial charge on any atom is -0.381 e. The molecule has 1 unspecified atom stereocenters. The summed E-state index contributed by atoms with van der Waals surface area (Å²) in [5, 5.41) is 2.77. The highest BCUT2D eigenvalue weighted by Gasteiger charge is 2.07. The third kappa shape index (κ3) is 6.50. The maximum atomic E-state index is 11.3. The Morgan fingerprint density at radius 3 is 2.79 bits per heavy atom. The Balaban J connectivity index is 3.63. The molecule has 0 rings (SSSR count). The lowest BCUT2D eigenvalue weighted by Crippen LogP contribution is -2.34. The highest BCUT2D eigenvalue weighted by atomic mass is 16.5. The van der Waals surface area contributed by atoms with Gasteiger partial charge in [-0.2, -0.15) is 0 Å². The van der Waals surface area contributed by atoms with Crippen LogP contribution in [-0.2, 0) is 9.53 Å². The van der Waals surface area contributed by atoms with E-state index in [0.29, 0.717) is 19.6 Å². The Kier molecular flexibility index (Phi) is 7.96. The number of hydrogen-bond acceptors (Lipinski definition) is 2. The van der Waals surface area contributed by atoms with E-state index < -0.39 is 0 Å². The van der Waals surface area contributed by atoms with Crippen LogP contribution in [0.3, 0.4) is 0 Å². The molecule has 0 heterocycles. The molecule has 0 aliphatic carbocycles. The minimum atomic E-state index is -0.130. The van der Waals surface area contributed by atoms with Gasteiger partial charge in [-0.05, 0) is 13.3 Å². The average molecular weight is 197 g/mol. The van der Waals surface area contributed by atoms with Crippen molar-refractivity contribution in [2.45, 2.75) is 39.2 Å². The van der Waals surface area contributed by atoms with Gasteiger partial charge in [0.1, 0.15) is 0 Å². The number of carbonyl (C=O) groups is 1. The first-order valence-electron chi connectivity index (χ1n) is 5.07. The van der Waals surface area contributed by atoms with E-state index in [1.165, 1.54) is 0 Å². The summed E-state index contributed by atoms with van der Waals surface area (Å²) >= 11 is 0. The van der Waals surface area contributed by atoms with Crippen LogP contribution >= 0.6 is 0 Å². The fourth-order valence-electron chi connectivity index (χ4n) is 1.06. The van der Waals surface area contributed by atoms with Crippen molar-refractivity contribution < 1.29 is 9.53 Å². The molecule has 0 aromatic rings. The molecule has 3 nitrogen and oxygen atoms in total. The van der Waals surface area contributed by atoms with Gasteiger partial charge in [0.05, 0.1) is 12.6 Å². The van der Waals surface area contributed by atoms with Crippen molar-refractivity contribution in [3.8, 4) is 12.3 Å². The van der Waals surface area contributed by atoms with Crippen LogP contribution in [0.2, 0.25) is 0 Å². The zero-order chi connectivity index (χ0) is 10.8. The van der Waals surface area contributed by atoms with E-state index in [9.17, 15) is 4.79 Å². The summed E-state index contributed by atoms with van der Waals surface area (Å²) in [7, 11) is 0. The molecule has 0 spiro atoms. The number of carbonyl (C=O) groups excluding carboxylic acids is 1. The van der Waals surface area contributed by atoms with Gasteiger partial charge >= 0.3 is 0 Å². The number of terminal acetylenes is 1. The van der Waals surface area contributed by atoms with Gasteiger partial charge in [0.15, 0.2) is 0 Å². The van der Waals surface area contributed by atoms with Crippen LogP contribution in [0.1, 0.15) is 33.1 Å². The number of rotatable bonds is 7. The van der Waals surface area contributed by atoms with Crippen LogP contribution in [0.4, 0.5) is 0 Å². The van der Waals surface area contributed by atoms with Crippen LogP contribution in [0.25, 0.3) is 0 Å². The van der Waals surface area contributed by atoms with E-state index in [4.69, 9.17) is 11.2 Å². The first kappa shape index (κ1) is 13.0. The van der Waals surface area contributed by atoms with Crippen molar-refractivity contribution in [2.24, 2.45) is 0 Å². The van der Waals surface area contributed by atoms with Crippen molar-refractivity contribution in [3.05, 3.63) is 0 Å². The van der Waals surface area contributed by atoms with E-state index in [0.717, 1.165) is 12.8 Å².